The van der Waals surface area contributed by atoms with Gasteiger partial charge in [0.15, 0.2) is 11.5 Å². The third kappa shape index (κ3) is 5.00. The molecule has 2 aliphatic heterocycles. The molecule has 42 heavy (non-hydrogen) atoms. The first-order valence-electron chi connectivity index (χ1n) is 12.1. The molecule has 1 saturated heterocycles. The smallest absolute Gasteiger partial charge is 0.416 e. The third-order valence-corrected chi connectivity index (χ3v) is 9.42. The number of hydrogen-bond donors (Lipinski definition) is 2. The Bertz CT molecular complexity index is 1690. The number of thiazole rings is 1. The lowest BCUT2D eigenvalue weighted by atomic mass is 9.83. The number of rotatable bonds is 6. The maximum absolute atomic E-state index is 13.3. The second-order valence-electron chi connectivity index (χ2n) is 9.26. The highest BCUT2D eigenvalue weighted by Crippen LogP contribution is 2.54. The summed E-state index contributed by atoms with van der Waals surface area (Å²) in [6.45, 7) is -0.592. The monoisotopic (exact) mass is 622 g/mol. The number of thioether (sulfide) groups is 1. The summed E-state index contributed by atoms with van der Waals surface area (Å²) in [5, 5.41) is 1.41. The van der Waals surface area contributed by atoms with Crippen molar-refractivity contribution in [3.63, 3.8) is 0 Å². The molecule has 0 radical (unpaired) electrons. The fraction of sp³-hybridized carbons (Fsp3) is 0.269. The topological polar surface area (TPSA) is 150 Å². The van der Waals surface area contributed by atoms with Gasteiger partial charge in [-0.05, 0) is 35.9 Å². The average molecular weight is 623 g/mol. The number of nitrogens with two attached hydrogens (primary N) is 1. The number of aromatic nitrogens is 1. The number of anilines is 1. The van der Waals surface area contributed by atoms with Crippen LogP contribution in [-0.4, -0.2) is 52.7 Å². The molecule has 5 rings (SSSR count). The van der Waals surface area contributed by atoms with Crippen molar-refractivity contribution in [1.82, 2.24) is 9.47 Å². The van der Waals surface area contributed by atoms with Crippen molar-refractivity contribution in [2.24, 2.45) is 11.7 Å². The summed E-state index contributed by atoms with van der Waals surface area (Å²) in [6, 6.07) is 7.57. The SMILES string of the molecule is COc1ccc([C@@H]2c3sc(=O)n(CC(=O)Nc4cccc(C(F)(F)F)c4)c3S[C@@H]3C(=O)N(C(N)=O)C(=O)[C@H]23)cc1OC. The van der Waals surface area contributed by atoms with Crippen LogP contribution in [0.15, 0.2) is 52.3 Å². The summed E-state index contributed by atoms with van der Waals surface area (Å²) in [7, 11) is 2.84. The number of halogens is 3. The van der Waals surface area contributed by atoms with E-state index in [1.165, 1.54) is 20.3 Å². The molecule has 1 aromatic heterocycles. The van der Waals surface area contributed by atoms with Crippen molar-refractivity contribution in [3.05, 3.63) is 68.1 Å². The molecule has 0 aliphatic carbocycles. The summed E-state index contributed by atoms with van der Waals surface area (Å²) >= 11 is 1.59. The Kier molecular flexibility index (Phi) is 7.53. The Morgan fingerprint density at radius 2 is 1.74 bits per heavy atom. The van der Waals surface area contributed by atoms with Gasteiger partial charge < -0.3 is 20.5 Å². The normalized spacial score (nSPS) is 19.7. The number of nitrogens with one attached hydrogen (secondary N) is 1. The van der Waals surface area contributed by atoms with Crippen LogP contribution < -0.4 is 25.4 Å². The van der Waals surface area contributed by atoms with E-state index in [4.69, 9.17) is 15.2 Å². The molecule has 0 spiro atoms. The predicted molar refractivity (Wildman–Crippen MR) is 145 cm³/mol. The van der Waals surface area contributed by atoms with Gasteiger partial charge in [-0.3, -0.25) is 23.7 Å². The van der Waals surface area contributed by atoms with Gasteiger partial charge in [0.25, 0.3) is 5.91 Å². The largest absolute Gasteiger partial charge is 0.493 e. The minimum atomic E-state index is -4.62. The van der Waals surface area contributed by atoms with Gasteiger partial charge >= 0.3 is 17.1 Å². The van der Waals surface area contributed by atoms with Crippen molar-refractivity contribution >= 4 is 52.5 Å². The van der Waals surface area contributed by atoms with Gasteiger partial charge in [0.1, 0.15) is 11.8 Å². The van der Waals surface area contributed by atoms with Crippen LogP contribution in [0.4, 0.5) is 23.7 Å². The van der Waals surface area contributed by atoms with Gasteiger partial charge in [-0.25, -0.2) is 4.79 Å². The number of benzene rings is 2. The van der Waals surface area contributed by atoms with E-state index in [1.807, 2.05) is 0 Å². The number of imide groups is 3. The van der Waals surface area contributed by atoms with Crippen molar-refractivity contribution in [2.45, 2.75) is 28.9 Å². The zero-order valence-electron chi connectivity index (χ0n) is 21.8. The Hall–Kier alpha value is -4.31. The maximum Gasteiger partial charge on any atom is 0.416 e. The van der Waals surface area contributed by atoms with E-state index in [9.17, 15) is 37.1 Å². The standard InChI is InChI=1S/C26H21F3N4O7S2/c1-39-14-7-6-11(8-15(14)40-2)17-18-19(22(36)33(21(18)35)24(30)37)41-23-20(17)42-25(38)32(23)10-16(34)31-13-5-3-4-12(9-13)26(27,28)29/h3-9,17-19H,10H2,1-2H3,(H2,30,37)(H,31,34)/t17-,18+,19-/m0/s1. The number of primary amides is 1. The second kappa shape index (κ2) is 10.8. The molecular weight excluding hydrogens is 601 g/mol. The Labute approximate surface area is 243 Å². The third-order valence-electron chi connectivity index (χ3n) is 6.81. The minimum Gasteiger partial charge on any atom is -0.493 e. The van der Waals surface area contributed by atoms with Crippen molar-refractivity contribution < 1.29 is 41.8 Å². The molecule has 2 aliphatic rings. The van der Waals surface area contributed by atoms with Gasteiger partial charge in [0, 0.05) is 16.5 Å². The number of nitrogens with zero attached hydrogens (tertiary/aromatic N) is 2. The van der Waals surface area contributed by atoms with E-state index < -0.39 is 64.0 Å². The maximum atomic E-state index is 13.3. The van der Waals surface area contributed by atoms with Crippen LogP contribution in [0.5, 0.6) is 11.5 Å². The summed E-state index contributed by atoms with van der Waals surface area (Å²) in [6.07, 6.45) is -4.62. The molecule has 3 aromatic rings. The zero-order valence-corrected chi connectivity index (χ0v) is 23.4. The molecule has 0 unspecified atom stereocenters. The highest BCUT2D eigenvalue weighted by Gasteiger charge is 2.58. The number of methoxy groups -OCH3 is 2. The van der Waals surface area contributed by atoms with E-state index >= 15 is 0 Å². The summed E-state index contributed by atoms with van der Waals surface area (Å²) in [5.41, 5.74) is 4.71. The predicted octanol–water partition coefficient (Wildman–Crippen LogP) is 3.25. The molecule has 0 saturated carbocycles. The van der Waals surface area contributed by atoms with Crippen LogP contribution in [0, 0.1) is 5.92 Å². The number of ether oxygens (including phenoxy) is 2. The van der Waals surface area contributed by atoms with Crippen LogP contribution in [-0.2, 0) is 27.1 Å². The van der Waals surface area contributed by atoms with E-state index in [1.54, 1.807) is 18.2 Å². The summed E-state index contributed by atoms with van der Waals surface area (Å²) in [4.78, 5) is 64.7. The number of hydrogen-bond acceptors (Lipinski definition) is 9. The summed E-state index contributed by atoms with van der Waals surface area (Å²) in [5.74, 6) is -3.81. The molecule has 220 valence electrons. The average Bonchev–Trinajstić information content (AvgIpc) is 3.38. The lowest BCUT2D eigenvalue weighted by molar-refractivity contribution is -0.138. The number of fused-ring (bicyclic) bond motifs is 2. The molecule has 1 fully saturated rings. The summed E-state index contributed by atoms with van der Waals surface area (Å²) < 4.78 is 51.1. The number of likely N-dealkylation sites (tertiary alicyclic amines) is 1. The van der Waals surface area contributed by atoms with Crippen LogP contribution in [0.2, 0.25) is 0 Å². The van der Waals surface area contributed by atoms with Crippen LogP contribution in [0.25, 0.3) is 0 Å². The molecule has 3 N–H and O–H groups in total. The van der Waals surface area contributed by atoms with Crippen LogP contribution in [0.3, 0.4) is 0 Å². The fourth-order valence-electron chi connectivity index (χ4n) is 5.00. The number of carbonyl (C=O) groups excluding carboxylic acids is 4. The first kappa shape index (κ1) is 29.2. The highest BCUT2D eigenvalue weighted by molar-refractivity contribution is 8.00. The van der Waals surface area contributed by atoms with Crippen molar-refractivity contribution in [1.29, 1.82) is 0 Å². The lowest BCUT2D eigenvalue weighted by Gasteiger charge is -2.31. The van der Waals surface area contributed by atoms with E-state index in [0.29, 0.717) is 26.8 Å². The lowest BCUT2D eigenvalue weighted by Crippen LogP contribution is -2.41. The minimum absolute atomic E-state index is 0.128. The van der Waals surface area contributed by atoms with Gasteiger partial charge in [-0.1, -0.05) is 35.2 Å². The fourth-order valence-corrected chi connectivity index (χ4v) is 7.77. The van der Waals surface area contributed by atoms with Gasteiger partial charge in [0.2, 0.25) is 11.8 Å². The molecule has 3 atom stereocenters. The quantitative estimate of drug-likeness (QED) is 0.398. The van der Waals surface area contributed by atoms with E-state index in [-0.39, 0.29) is 10.7 Å². The van der Waals surface area contributed by atoms with Crippen molar-refractivity contribution in [2.75, 3.05) is 19.5 Å². The zero-order chi connectivity index (χ0) is 30.5. The van der Waals surface area contributed by atoms with E-state index in [2.05, 4.69) is 5.32 Å². The van der Waals surface area contributed by atoms with Crippen LogP contribution >= 0.6 is 23.1 Å². The van der Waals surface area contributed by atoms with E-state index in [0.717, 1.165) is 45.9 Å². The number of alkyl halides is 3. The first-order valence-corrected chi connectivity index (χ1v) is 13.8. The number of carbonyl (C=O) groups is 4. The molecular formula is C26H21F3N4O7S2. The number of amides is 5. The van der Waals surface area contributed by atoms with Gasteiger partial charge in [0.05, 0.1) is 30.7 Å². The molecule has 16 heteroatoms. The van der Waals surface area contributed by atoms with Gasteiger partial charge in [-0.2, -0.15) is 18.1 Å². The molecule has 5 amide bonds. The van der Waals surface area contributed by atoms with Crippen LogP contribution in [0.1, 0.15) is 21.9 Å². The number of urea groups is 1. The molecule has 0 bridgehead atoms. The molecule has 11 nitrogen and oxygen atoms in total. The highest BCUT2D eigenvalue weighted by atomic mass is 32.2. The Balaban J connectivity index is 1.56. The van der Waals surface area contributed by atoms with Gasteiger partial charge in [-0.15, -0.1) is 0 Å². The Morgan fingerprint density at radius 3 is 2.38 bits per heavy atom. The molecule has 2 aromatic carbocycles. The molecule has 3 heterocycles. The van der Waals surface area contributed by atoms with Crippen molar-refractivity contribution in [3.8, 4) is 11.5 Å². The first-order chi connectivity index (χ1) is 19.8. The Morgan fingerprint density at radius 1 is 1.02 bits per heavy atom. The second-order valence-corrected chi connectivity index (χ2v) is 11.4.